The summed E-state index contributed by atoms with van der Waals surface area (Å²) in [6.07, 6.45) is 1.80. The summed E-state index contributed by atoms with van der Waals surface area (Å²) in [7, 11) is -2.83. The Balaban J connectivity index is 0.00000243. The molecule has 3 rings (SSSR count). The van der Waals surface area contributed by atoms with Crippen molar-refractivity contribution < 1.29 is 8.42 Å². The highest BCUT2D eigenvalue weighted by Crippen LogP contribution is 2.22. The molecule has 2 aliphatic rings. The first-order chi connectivity index (χ1) is 12.1. The van der Waals surface area contributed by atoms with Gasteiger partial charge in [-0.3, -0.25) is 4.99 Å². The van der Waals surface area contributed by atoms with Crippen molar-refractivity contribution in [3.8, 4) is 0 Å². The van der Waals surface area contributed by atoms with Crippen LogP contribution < -0.4 is 10.2 Å². The Labute approximate surface area is 178 Å². The Kier molecular flexibility index (Phi) is 8.46. The summed E-state index contributed by atoms with van der Waals surface area (Å²) in [5.74, 6) is 1.74. The molecule has 1 N–H and O–H groups in total. The third-order valence-corrected chi connectivity index (χ3v) is 7.52. The fourth-order valence-electron chi connectivity index (χ4n) is 3.32. The number of guanidine groups is 1. The van der Waals surface area contributed by atoms with Gasteiger partial charge in [0.25, 0.3) is 0 Å². The zero-order valence-corrected chi connectivity index (χ0v) is 19.2. The number of thiophene rings is 1. The molecule has 3 heterocycles. The van der Waals surface area contributed by atoms with E-state index in [2.05, 4.69) is 39.6 Å². The molecule has 26 heavy (non-hydrogen) atoms. The summed E-state index contributed by atoms with van der Waals surface area (Å²) in [5.41, 5.74) is 0. The lowest BCUT2D eigenvalue weighted by molar-refractivity contribution is 0.371. The van der Waals surface area contributed by atoms with Crippen LogP contribution in [0.2, 0.25) is 0 Å². The van der Waals surface area contributed by atoms with Crippen molar-refractivity contribution in [1.29, 1.82) is 0 Å². The number of nitrogens with one attached hydrogen (secondary N) is 1. The second-order valence-electron chi connectivity index (χ2n) is 6.79. The highest BCUT2D eigenvalue weighted by atomic mass is 127. The van der Waals surface area contributed by atoms with Gasteiger partial charge in [-0.1, -0.05) is 6.92 Å². The van der Waals surface area contributed by atoms with E-state index in [1.54, 1.807) is 11.3 Å². The highest BCUT2D eigenvalue weighted by molar-refractivity contribution is 14.0. The van der Waals surface area contributed by atoms with Crippen LogP contribution in [0.15, 0.2) is 22.5 Å². The van der Waals surface area contributed by atoms with Crippen LogP contribution in [0.25, 0.3) is 0 Å². The molecule has 9 heteroatoms. The van der Waals surface area contributed by atoms with Crippen LogP contribution in [0.3, 0.4) is 0 Å². The lowest BCUT2D eigenvalue weighted by Gasteiger charge is -2.37. The third-order valence-electron chi connectivity index (χ3n) is 4.76. The summed E-state index contributed by atoms with van der Waals surface area (Å²) >= 11 is 1.78. The minimum Gasteiger partial charge on any atom is -0.360 e. The van der Waals surface area contributed by atoms with Gasteiger partial charge in [0.1, 0.15) is 0 Å². The van der Waals surface area contributed by atoms with Crippen molar-refractivity contribution in [3.05, 3.63) is 17.5 Å². The molecular weight excluding hydrogens is 483 g/mol. The fraction of sp³-hybridized carbons (Fsp3) is 0.706. The zero-order valence-electron chi connectivity index (χ0n) is 15.3. The molecule has 1 aromatic heterocycles. The summed E-state index contributed by atoms with van der Waals surface area (Å²) in [5, 5.41) is 6.89. The summed E-state index contributed by atoms with van der Waals surface area (Å²) in [6, 6.07) is 4.27. The van der Waals surface area contributed by atoms with Gasteiger partial charge >= 0.3 is 0 Å². The summed E-state index contributed by atoms with van der Waals surface area (Å²) < 4.78 is 23.3. The molecule has 2 fully saturated rings. The topological polar surface area (TPSA) is 65.0 Å². The third kappa shape index (κ3) is 5.98. The van der Waals surface area contributed by atoms with Gasteiger partial charge in [0.15, 0.2) is 15.8 Å². The van der Waals surface area contributed by atoms with Gasteiger partial charge in [0.05, 0.1) is 16.5 Å². The Morgan fingerprint density at radius 3 is 2.69 bits per heavy atom. The normalized spacial score (nSPS) is 23.0. The molecule has 2 aliphatic heterocycles. The van der Waals surface area contributed by atoms with E-state index >= 15 is 0 Å². The molecule has 0 amide bonds. The number of piperazine rings is 1. The van der Waals surface area contributed by atoms with Crippen LogP contribution in [-0.2, 0) is 9.84 Å². The first-order valence-electron chi connectivity index (χ1n) is 9.09. The number of halogens is 1. The van der Waals surface area contributed by atoms with Gasteiger partial charge in [-0.2, -0.15) is 0 Å². The molecule has 0 spiro atoms. The van der Waals surface area contributed by atoms with Crippen LogP contribution in [0.1, 0.15) is 19.8 Å². The second kappa shape index (κ2) is 10.1. The first-order valence-corrected chi connectivity index (χ1v) is 11.8. The summed E-state index contributed by atoms with van der Waals surface area (Å²) in [4.78, 5) is 9.50. The van der Waals surface area contributed by atoms with Crippen molar-refractivity contribution in [2.45, 2.75) is 19.8 Å². The molecule has 1 atom stereocenters. The van der Waals surface area contributed by atoms with Crippen LogP contribution in [0.5, 0.6) is 0 Å². The maximum Gasteiger partial charge on any atom is 0.194 e. The molecule has 1 unspecified atom stereocenters. The zero-order chi connectivity index (χ0) is 17.7. The van der Waals surface area contributed by atoms with Gasteiger partial charge in [0, 0.05) is 39.3 Å². The standard InChI is InChI=1S/C17H28N4O2S2.HI/c1-2-6-18-17(19-13-15-5-12-25(22,23)14-15)21-9-7-20(8-10-21)16-4-3-11-24-16;/h3-4,11,15H,2,5-10,12-14H2,1H3,(H,18,19);1H. The fourth-order valence-corrected chi connectivity index (χ4v) is 5.96. The monoisotopic (exact) mass is 512 g/mol. The van der Waals surface area contributed by atoms with E-state index in [1.165, 1.54) is 5.00 Å². The SMILES string of the molecule is CCCNC(=NCC1CCS(=O)(=O)C1)N1CCN(c2cccs2)CC1.I. The average Bonchev–Trinajstić information content (AvgIpc) is 3.25. The minimum absolute atomic E-state index is 0. The maximum atomic E-state index is 11.6. The number of rotatable bonds is 5. The van der Waals surface area contributed by atoms with Gasteiger partial charge < -0.3 is 15.1 Å². The molecule has 0 aliphatic carbocycles. The maximum absolute atomic E-state index is 11.6. The first kappa shape index (κ1) is 21.7. The van der Waals surface area contributed by atoms with Crippen LogP contribution >= 0.6 is 35.3 Å². The van der Waals surface area contributed by atoms with Gasteiger partial charge in [-0.15, -0.1) is 35.3 Å². The van der Waals surface area contributed by atoms with E-state index in [4.69, 9.17) is 4.99 Å². The molecule has 0 bridgehead atoms. The average molecular weight is 512 g/mol. The van der Waals surface area contributed by atoms with E-state index in [0.717, 1.165) is 51.5 Å². The second-order valence-corrected chi connectivity index (χ2v) is 9.94. The number of hydrogen-bond acceptors (Lipinski definition) is 5. The number of nitrogens with zero attached hydrogens (tertiary/aromatic N) is 3. The van der Waals surface area contributed by atoms with Crippen molar-refractivity contribution in [3.63, 3.8) is 0 Å². The number of aliphatic imine (C=N–C) groups is 1. The molecule has 148 valence electrons. The van der Waals surface area contributed by atoms with Crippen LogP contribution in [-0.4, -0.2) is 70.1 Å². The molecule has 0 radical (unpaired) electrons. The van der Waals surface area contributed by atoms with E-state index in [0.29, 0.717) is 18.1 Å². The predicted octanol–water partition coefficient (Wildman–Crippen LogP) is 2.28. The van der Waals surface area contributed by atoms with E-state index in [-0.39, 0.29) is 29.9 Å². The Bertz CT molecular complexity index is 671. The molecule has 1 aromatic rings. The Morgan fingerprint density at radius 2 is 2.12 bits per heavy atom. The van der Waals surface area contributed by atoms with E-state index in [1.807, 2.05) is 0 Å². The van der Waals surface area contributed by atoms with Gasteiger partial charge in [-0.25, -0.2) is 8.42 Å². The van der Waals surface area contributed by atoms with Crippen LogP contribution in [0, 0.1) is 5.92 Å². The van der Waals surface area contributed by atoms with Crippen LogP contribution in [0.4, 0.5) is 5.00 Å². The van der Waals surface area contributed by atoms with E-state index < -0.39 is 9.84 Å². The molecule has 6 nitrogen and oxygen atoms in total. The highest BCUT2D eigenvalue weighted by Gasteiger charge is 2.28. The molecule has 0 aromatic carbocycles. The Hall–Kier alpha value is -0.550. The smallest absolute Gasteiger partial charge is 0.194 e. The molecule has 0 saturated carbocycles. The summed E-state index contributed by atoms with van der Waals surface area (Å²) in [6.45, 7) is 7.51. The quantitative estimate of drug-likeness (QED) is 0.373. The molecule has 2 saturated heterocycles. The van der Waals surface area contributed by atoms with Crippen molar-refractivity contribution in [2.24, 2.45) is 10.9 Å². The van der Waals surface area contributed by atoms with Crippen molar-refractivity contribution in [2.75, 3.05) is 55.7 Å². The lowest BCUT2D eigenvalue weighted by atomic mass is 10.1. The van der Waals surface area contributed by atoms with Crippen molar-refractivity contribution >= 4 is 56.1 Å². The van der Waals surface area contributed by atoms with Gasteiger partial charge in [0.2, 0.25) is 0 Å². The van der Waals surface area contributed by atoms with Crippen molar-refractivity contribution in [1.82, 2.24) is 10.2 Å². The molecular formula is C17H29IN4O2S2. The predicted molar refractivity (Wildman–Crippen MR) is 121 cm³/mol. The van der Waals surface area contributed by atoms with E-state index in [9.17, 15) is 8.42 Å². The van der Waals surface area contributed by atoms with Gasteiger partial charge in [-0.05, 0) is 36.3 Å². The number of sulfone groups is 1. The number of hydrogen-bond donors (Lipinski definition) is 1. The minimum atomic E-state index is -2.83. The Morgan fingerprint density at radius 1 is 1.35 bits per heavy atom. The number of anilines is 1. The lowest BCUT2D eigenvalue weighted by Crippen LogP contribution is -2.52. The largest absolute Gasteiger partial charge is 0.360 e.